The van der Waals surface area contributed by atoms with E-state index in [2.05, 4.69) is 10.3 Å². The molecule has 2 rings (SSSR count). The zero-order valence-corrected chi connectivity index (χ0v) is 16.5. The third-order valence-corrected chi connectivity index (χ3v) is 3.82. The topological polar surface area (TPSA) is 154 Å². The molecule has 11 heteroatoms. The first kappa shape index (κ1) is 24.9. The Hall–Kier alpha value is -1.18. The molecule has 11 nitrogen and oxygen atoms in total. The lowest BCUT2D eigenvalue weighted by molar-refractivity contribution is -0.147. The molecule has 0 radical (unpaired) electrons. The molecule has 1 aliphatic heterocycles. The van der Waals surface area contributed by atoms with Gasteiger partial charge in [-0.05, 0) is 13.3 Å². The lowest BCUT2D eigenvalue weighted by Gasteiger charge is -2.30. The van der Waals surface area contributed by atoms with Crippen LogP contribution in [-0.4, -0.2) is 108 Å². The predicted octanol–water partition coefficient (Wildman–Crippen LogP) is -1.92. The van der Waals surface area contributed by atoms with Gasteiger partial charge in [-0.25, -0.2) is 4.68 Å². The highest BCUT2D eigenvalue weighted by molar-refractivity contribution is 4.86. The average Bonchev–Trinajstić information content (AvgIpc) is 3.11. The van der Waals surface area contributed by atoms with Gasteiger partial charge in [0, 0.05) is 19.3 Å². The molecule has 164 valence electrons. The molecule has 1 fully saturated rings. The summed E-state index contributed by atoms with van der Waals surface area (Å²) in [6, 6.07) is 0. The van der Waals surface area contributed by atoms with Crippen molar-refractivity contribution >= 4 is 0 Å². The largest absolute Gasteiger partial charge is 0.394 e. The maximum atomic E-state index is 9.10. The first-order valence-corrected chi connectivity index (χ1v) is 9.47. The van der Waals surface area contributed by atoms with Gasteiger partial charge in [0.1, 0.15) is 12.2 Å². The summed E-state index contributed by atoms with van der Waals surface area (Å²) in [4.78, 5) is 0. The summed E-state index contributed by atoms with van der Waals surface area (Å²) in [6.45, 7) is 6.82. The fourth-order valence-electron chi connectivity index (χ4n) is 2.31. The Labute approximate surface area is 165 Å². The third-order valence-electron chi connectivity index (χ3n) is 3.82. The van der Waals surface area contributed by atoms with Gasteiger partial charge in [0.25, 0.3) is 0 Å². The van der Waals surface area contributed by atoms with E-state index < -0.39 is 18.3 Å². The number of hydrogen-bond acceptors (Lipinski definition) is 10. The van der Waals surface area contributed by atoms with E-state index in [4.69, 9.17) is 40.0 Å². The highest BCUT2D eigenvalue weighted by Gasteiger charge is 2.30. The molecule has 3 atom stereocenters. The Balaban J connectivity index is 0.000000330. The quantitative estimate of drug-likeness (QED) is 0.289. The molecule has 2 heterocycles. The summed E-state index contributed by atoms with van der Waals surface area (Å²) in [5.74, 6) is 0. The summed E-state index contributed by atoms with van der Waals surface area (Å²) >= 11 is 0. The minimum atomic E-state index is -0.932. The van der Waals surface area contributed by atoms with Gasteiger partial charge in [-0.3, -0.25) is 0 Å². The van der Waals surface area contributed by atoms with Crippen LogP contribution in [0.2, 0.25) is 0 Å². The van der Waals surface area contributed by atoms with Gasteiger partial charge in [-0.1, -0.05) is 5.21 Å². The number of ether oxygens (including phenoxy) is 4. The van der Waals surface area contributed by atoms with Gasteiger partial charge >= 0.3 is 0 Å². The molecular weight excluding hydrogens is 372 g/mol. The monoisotopic (exact) mass is 406 g/mol. The van der Waals surface area contributed by atoms with Gasteiger partial charge in [-0.15, -0.1) is 5.10 Å². The molecule has 3 unspecified atom stereocenters. The van der Waals surface area contributed by atoms with Crippen LogP contribution in [-0.2, 0) is 25.5 Å². The second kappa shape index (κ2) is 15.7. The minimum Gasteiger partial charge on any atom is -0.394 e. The predicted molar refractivity (Wildman–Crippen MR) is 99.7 cm³/mol. The molecule has 0 bridgehead atoms. The van der Waals surface area contributed by atoms with Crippen molar-refractivity contribution in [3.8, 4) is 0 Å². The number of aryl methyl sites for hydroxylation is 1. The van der Waals surface area contributed by atoms with E-state index in [1.807, 2.05) is 13.1 Å². The SMILES string of the molecule is Cc1cn(CCOCCOCCOCCN)nn1.OCC1OCCC(O)C1O. The maximum Gasteiger partial charge on any atom is 0.109 e. The molecule has 1 aromatic rings. The van der Waals surface area contributed by atoms with E-state index in [1.54, 1.807) is 4.68 Å². The Morgan fingerprint density at radius 1 is 1.14 bits per heavy atom. The lowest BCUT2D eigenvalue weighted by Crippen LogP contribution is -2.46. The molecule has 0 amide bonds. The smallest absolute Gasteiger partial charge is 0.109 e. The minimum absolute atomic E-state index is 0.238. The summed E-state index contributed by atoms with van der Waals surface area (Å²) in [6.07, 6.45) is 0.0418. The number of nitrogens with two attached hydrogens (primary N) is 1. The summed E-state index contributed by atoms with van der Waals surface area (Å²) < 4.78 is 22.6. The van der Waals surface area contributed by atoms with Crippen molar-refractivity contribution in [1.82, 2.24) is 15.0 Å². The van der Waals surface area contributed by atoms with Gasteiger partial charge in [0.15, 0.2) is 0 Å². The Kier molecular flexibility index (Phi) is 13.9. The van der Waals surface area contributed by atoms with E-state index in [1.165, 1.54) is 0 Å². The van der Waals surface area contributed by atoms with Crippen molar-refractivity contribution in [3.63, 3.8) is 0 Å². The molecule has 0 saturated carbocycles. The lowest BCUT2D eigenvalue weighted by atomic mass is 10.0. The van der Waals surface area contributed by atoms with E-state index in [0.717, 1.165) is 5.69 Å². The van der Waals surface area contributed by atoms with Crippen LogP contribution in [0.4, 0.5) is 0 Å². The molecule has 1 aromatic heterocycles. The molecule has 1 saturated heterocycles. The highest BCUT2D eigenvalue weighted by Crippen LogP contribution is 2.13. The fourth-order valence-corrected chi connectivity index (χ4v) is 2.31. The second-order valence-corrected chi connectivity index (χ2v) is 6.19. The number of rotatable bonds is 12. The number of aliphatic hydroxyl groups excluding tert-OH is 3. The van der Waals surface area contributed by atoms with Crippen molar-refractivity contribution in [2.24, 2.45) is 5.73 Å². The first-order valence-electron chi connectivity index (χ1n) is 9.47. The molecule has 0 aliphatic carbocycles. The van der Waals surface area contributed by atoms with Gasteiger partial charge in [0.2, 0.25) is 0 Å². The fraction of sp³-hybridized carbons (Fsp3) is 0.882. The summed E-state index contributed by atoms with van der Waals surface area (Å²) in [7, 11) is 0. The summed E-state index contributed by atoms with van der Waals surface area (Å²) in [5.41, 5.74) is 6.19. The zero-order chi connectivity index (χ0) is 20.6. The maximum absolute atomic E-state index is 9.10. The average molecular weight is 406 g/mol. The van der Waals surface area contributed by atoms with Crippen molar-refractivity contribution in [1.29, 1.82) is 0 Å². The third kappa shape index (κ3) is 11.0. The first-order chi connectivity index (χ1) is 13.6. The van der Waals surface area contributed by atoms with Crippen LogP contribution in [0.1, 0.15) is 12.1 Å². The second-order valence-electron chi connectivity index (χ2n) is 6.19. The van der Waals surface area contributed by atoms with Gasteiger partial charge < -0.3 is 40.0 Å². The van der Waals surface area contributed by atoms with E-state index in [-0.39, 0.29) is 6.61 Å². The standard InChI is InChI=1S/C11H22N4O3.C6H12O4/c1-11-10-15(14-13-11)3-5-17-7-9-18-8-6-16-4-2-12;7-3-5-6(9)4(8)1-2-10-5/h10H,2-9,12H2,1H3;4-9H,1-3H2. The van der Waals surface area contributed by atoms with Crippen LogP contribution >= 0.6 is 0 Å². The molecular formula is C17H34N4O7. The van der Waals surface area contributed by atoms with Crippen LogP contribution < -0.4 is 5.73 Å². The van der Waals surface area contributed by atoms with Crippen LogP contribution in [0.5, 0.6) is 0 Å². The molecule has 0 aromatic carbocycles. The number of hydrogen-bond donors (Lipinski definition) is 4. The van der Waals surface area contributed by atoms with Gasteiger partial charge in [-0.2, -0.15) is 0 Å². The Bertz CT molecular complexity index is 492. The van der Waals surface area contributed by atoms with E-state index in [0.29, 0.717) is 65.8 Å². The van der Waals surface area contributed by atoms with E-state index >= 15 is 0 Å². The normalized spacial score (nSPS) is 22.0. The summed E-state index contributed by atoms with van der Waals surface area (Å²) in [5, 5.41) is 34.5. The molecule has 1 aliphatic rings. The van der Waals surface area contributed by atoms with Crippen molar-refractivity contribution < 1.29 is 34.3 Å². The van der Waals surface area contributed by atoms with Crippen LogP contribution in [0.3, 0.4) is 0 Å². The number of aromatic nitrogens is 3. The van der Waals surface area contributed by atoms with Crippen LogP contribution in [0, 0.1) is 6.92 Å². The number of aliphatic hydroxyl groups is 3. The zero-order valence-electron chi connectivity index (χ0n) is 16.5. The Morgan fingerprint density at radius 2 is 1.79 bits per heavy atom. The molecule has 0 spiro atoms. The molecule has 5 N–H and O–H groups in total. The van der Waals surface area contributed by atoms with Crippen LogP contribution in [0.15, 0.2) is 6.20 Å². The van der Waals surface area contributed by atoms with Gasteiger partial charge in [0.05, 0.1) is 64.6 Å². The van der Waals surface area contributed by atoms with Crippen LogP contribution in [0.25, 0.3) is 0 Å². The van der Waals surface area contributed by atoms with Crippen molar-refractivity contribution in [2.45, 2.75) is 38.2 Å². The Morgan fingerprint density at radius 3 is 2.32 bits per heavy atom. The number of nitrogens with zero attached hydrogens (tertiary/aromatic N) is 3. The highest BCUT2D eigenvalue weighted by atomic mass is 16.5. The van der Waals surface area contributed by atoms with E-state index in [9.17, 15) is 0 Å². The molecule has 28 heavy (non-hydrogen) atoms. The van der Waals surface area contributed by atoms with Crippen molar-refractivity contribution in [2.75, 3.05) is 59.4 Å². The van der Waals surface area contributed by atoms with Crippen molar-refractivity contribution in [3.05, 3.63) is 11.9 Å².